The second-order valence-electron chi connectivity index (χ2n) is 10.2. The largest absolute Gasteiger partial charge is 0.468 e. The second kappa shape index (κ2) is 8.61. The number of benzene rings is 1. The number of nitrogens with zero attached hydrogens (tertiary/aromatic N) is 1. The van der Waals surface area contributed by atoms with Gasteiger partial charge in [-0.05, 0) is 66.5 Å². The minimum absolute atomic E-state index is 0.0156. The number of carbonyl (C=O) groups excluding carboxylic acids is 2. The fourth-order valence-corrected chi connectivity index (χ4v) is 6.47. The molecule has 9 heteroatoms. The van der Waals surface area contributed by atoms with Crippen LogP contribution in [0.25, 0.3) is 0 Å². The maximum atomic E-state index is 12.8. The number of furan rings is 1. The van der Waals surface area contributed by atoms with E-state index in [2.05, 4.69) is 25.5 Å². The van der Waals surface area contributed by atoms with Gasteiger partial charge in [0.1, 0.15) is 5.76 Å². The summed E-state index contributed by atoms with van der Waals surface area (Å²) in [5.74, 6) is -0.358. The predicted molar refractivity (Wildman–Crippen MR) is 121 cm³/mol. The third kappa shape index (κ3) is 5.30. The van der Waals surface area contributed by atoms with Crippen LogP contribution in [0, 0.1) is 10.8 Å². The van der Waals surface area contributed by atoms with Crippen molar-refractivity contribution in [3.8, 4) is 0 Å². The summed E-state index contributed by atoms with van der Waals surface area (Å²) in [6.45, 7) is 7.09. The number of hydrogen-bond acceptors (Lipinski definition) is 6. The van der Waals surface area contributed by atoms with E-state index in [4.69, 9.17) is 9.15 Å². The van der Waals surface area contributed by atoms with Crippen molar-refractivity contribution in [2.75, 3.05) is 13.2 Å². The molecule has 1 aromatic heterocycles. The van der Waals surface area contributed by atoms with Crippen LogP contribution >= 0.6 is 0 Å². The molecule has 1 aromatic carbocycles. The Balaban J connectivity index is 1.32. The van der Waals surface area contributed by atoms with E-state index in [0.29, 0.717) is 12.3 Å². The minimum Gasteiger partial charge on any atom is -0.468 e. The summed E-state index contributed by atoms with van der Waals surface area (Å²) in [4.78, 5) is 27.1. The fourth-order valence-electron chi connectivity index (χ4n) is 5.48. The zero-order valence-electron chi connectivity index (χ0n) is 19.2. The first kappa shape index (κ1) is 23.5. The zero-order valence-corrected chi connectivity index (χ0v) is 20.0. The standard InChI is InChI=1S/C24H30N2O6S/c1-23(2)11-18-12-24(3,15-23)16-26(18)21(27)14-32-22(28)17-6-8-20(9-7-17)33(29,30)25-13-19-5-4-10-31-19/h4-10,18,25H,11-16H2,1-3H3/t18-,24-/m0/s1. The highest BCUT2D eigenvalue weighted by molar-refractivity contribution is 7.89. The number of hydrogen-bond donors (Lipinski definition) is 1. The first-order valence-electron chi connectivity index (χ1n) is 11.1. The van der Waals surface area contributed by atoms with E-state index in [1.165, 1.54) is 30.5 Å². The third-order valence-corrected chi connectivity index (χ3v) is 7.90. The molecule has 2 atom stereocenters. The van der Waals surface area contributed by atoms with Crippen LogP contribution in [0.1, 0.15) is 56.2 Å². The van der Waals surface area contributed by atoms with Gasteiger partial charge in [0.25, 0.3) is 5.91 Å². The Morgan fingerprint density at radius 3 is 2.55 bits per heavy atom. The first-order valence-corrected chi connectivity index (χ1v) is 12.5. The van der Waals surface area contributed by atoms with Crippen molar-refractivity contribution in [1.29, 1.82) is 0 Å². The Morgan fingerprint density at radius 2 is 1.88 bits per heavy atom. The topological polar surface area (TPSA) is 106 Å². The van der Waals surface area contributed by atoms with Gasteiger partial charge in [-0.2, -0.15) is 0 Å². The Kier molecular flexibility index (Phi) is 6.13. The number of rotatable bonds is 7. The summed E-state index contributed by atoms with van der Waals surface area (Å²) in [7, 11) is -3.76. The Bertz CT molecular complexity index is 1120. The number of sulfonamides is 1. The van der Waals surface area contributed by atoms with Gasteiger partial charge in [0, 0.05) is 12.6 Å². The van der Waals surface area contributed by atoms with E-state index < -0.39 is 16.0 Å². The van der Waals surface area contributed by atoms with Crippen LogP contribution in [-0.2, 0) is 26.1 Å². The molecule has 1 aliphatic carbocycles. The van der Waals surface area contributed by atoms with Crippen molar-refractivity contribution in [3.63, 3.8) is 0 Å². The van der Waals surface area contributed by atoms with Gasteiger partial charge >= 0.3 is 5.97 Å². The van der Waals surface area contributed by atoms with E-state index in [9.17, 15) is 18.0 Å². The maximum Gasteiger partial charge on any atom is 0.338 e. The SMILES string of the molecule is CC1(C)C[C@H]2C[C@](C)(CN2C(=O)COC(=O)c2ccc(S(=O)(=O)NCc3ccco3)cc2)C1. The average molecular weight is 475 g/mol. The van der Waals surface area contributed by atoms with Crippen LogP contribution in [0.3, 0.4) is 0 Å². The lowest BCUT2D eigenvalue weighted by atomic mass is 9.65. The van der Waals surface area contributed by atoms with Gasteiger partial charge in [-0.3, -0.25) is 4.79 Å². The Hall–Kier alpha value is -2.65. The highest BCUT2D eigenvalue weighted by Gasteiger charge is 2.50. The molecule has 2 aromatic rings. The van der Waals surface area contributed by atoms with Crippen molar-refractivity contribution in [2.24, 2.45) is 10.8 Å². The highest BCUT2D eigenvalue weighted by Crippen LogP contribution is 2.52. The van der Waals surface area contributed by atoms with Gasteiger partial charge in [0.2, 0.25) is 10.0 Å². The van der Waals surface area contributed by atoms with Crippen molar-refractivity contribution >= 4 is 21.9 Å². The van der Waals surface area contributed by atoms with Gasteiger partial charge in [-0.1, -0.05) is 20.8 Å². The number of esters is 1. The molecule has 178 valence electrons. The molecule has 1 N–H and O–H groups in total. The minimum atomic E-state index is -3.76. The van der Waals surface area contributed by atoms with Crippen LogP contribution in [-0.4, -0.2) is 44.4 Å². The molecular weight excluding hydrogens is 444 g/mol. The average Bonchev–Trinajstić information content (AvgIpc) is 3.35. The summed E-state index contributed by atoms with van der Waals surface area (Å²) >= 11 is 0. The molecule has 0 radical (unpaired) electrons. The van der Waals surface area contributed by atoms with E-state index in [1.54, 1.807) is 12.1 Å². The quantitative estimate of drug-likeness (QED) is 0.617. The van der Waals surface area contributed by atoms with E-state index in [0.717, 1.165) is 19.3 Å². The summed E-state index contributed by atoms with van der Waals surface area (Å²) in [6.07, 6.45) is 4.48. The van der Waals surface area contributed by atoms with Crippen molar-refractivity contribution < 1.29 is 27.2 Å². The molecule has 1 saturated heterocycles. The van der Waals surface area contributed by atoms with Crippen LogP contribution in [0.5, 0.6) is 0 Å². The summed E-state index contributed by atoms with van der Waals surface area (Å²) < 4.78 is 37.6. The van der Waals surface area contributed by atoms with Gasteiger partial charge in [0.15, 0.2) is 6.61 Å². The number of ether oxygens (including phenoxy) is 1. The van der Waals surface area contributed by atoms with Crippen molar-refractivity contribution in [1.82, 2.24) is 9.62 Å². The van der Waals surface area contributed by atoms with Crippen molar-refractivity contribution in [3.05, 3.63) is 54.0 Å². The van der Waals surface area contributed by atoms with Crippen LogP contribution in [0.2, 0.25) is 0 Å². The fraction of sp³-hybridized carbons (Fsp3) is 0.500. The highest BCUT2D eigenvalue weighted by atomic mass is 32.2. The lowest BCUT2D eigenvalue weighted by Crippen LogP contribution is -2.39. The van der Waals surface area contributed by atoms with Gasteiger partial charge < -0.3 is 14.1 Å². The lowest BCUT2D eigenvalue weighted by Gasteiger charge is -2.39. The van der Waals surface area contributed by atoms with Gasteiger partial charge in [-0.25, -0.2) is 17.9 Å². The van der Waals surface area contributed by atoms with Crippen molar-refractivity contribution in [2.45, 2.75) is 57.5 Å². The first-order chi connectivity index (χ1) is 15.5. The van der Waals surface area contributed by atoms with Gasteiger partial charge in [0.05, 0.1) is 23.3 Å². The molecular formula is C24H30N2O6S. The Morgan fingerprint density at radius 1 is 1.15 bits per heavy atom. The molecule has 33 heavy (non-hydrogen) atoms. The lowest BCUT2D eigenvalue weighted by molar-refractivity contribution is -0.135. The molecule has 2 bridgehead atoms. The van der Waals surface area contributed by atoms with Crippen LogP contribution in [0.4, 0.5) is 0 Å². The predicted octanol–water partition coefficient (Wildman–Crippen LogP) is 3.34. The number of likely N-dealkylation sites (tertiary alicyclic amines) is 1. The van der Waals surface area contributed by atoms with E-state index in [1.807, 2.05) is 4.90 Å². The second-order valence-corrected chi connectivity index (χ2v) is 12.0. The maximum absolute atomic E-state index is 12.8. The monoisotopic (exact) mass is 474 g/mol. The molecule has 2 aliphatic rings. The number of nitrogens with one attached hydrogen (secondary N) is 1. The molecule has 0 unspecified atom stereocenters. The molecule has 4 rings (SSSR count). The molecule has 8 nitrogen and oxygen atoms in total. The smallest absolute Gasteiger partial charge is 0.338 e. The number of carbonyl (C=O) groups is 2. The molecule has 0 spiro atoms. The molecule has 1 aliphatic heterocycles. The summed E-state index contributed by atoms with van der Waals surface area (Å²) in [5.41, 5.74) is 0.484. The number of amides is 1. The normalized spacial score (nSPS) is 24.0. The molecule has 2 fully saturated rings. The van der Waals surface area contributed by atoms with Crippen LogP contribution < -0.4 is 4.72 Å². The Labute approximate surface area is 194 Å². The number of fused-ring (bicyclic) bond motifs is 2. The van der Waals surface area contributed by atoms with Crippen LogP contribution in [0.15, 0.2) is 52.0 Å². The molecule has 1 saturated carbocycles. The van der Waals surface area contributed by atoms with Gasteiger partial charge in [-0.15, -0.1) is 0 Å². The zero-order chi connectivity index (χ0) is 23.9. The van der Waals surface area contributed by atoms with E-state index in [-0.39, 0.29) is 46.4 Å². The third-order valence-electron chi connectivity index (χ3n) is 6.48. The molecule has 2 heterocycles. The summed E-state index contributed by atoms with van der Waals surface area (Å²) in [5, 5.41) is 0. The van der Waals surface area contributed by atoms with E-state index >= 15 is 0 Å². The summed E-state index contributed by atoms with van der Waals surface area (Å²) in [6, 6.07) is 8.93. The molecule has 1 amide bonds.